The van der Waals surface area contributed by atoms with Crippen molar-refractivity contribution in [1.82, 2.24) is 9.47 Å². The van der Waals surface area contributed by atoms with Crippen molar-refractivity contribution in [2.45, 2.75) is 33.7 Å². The molecule has 0 bridgehead atoms. The minimum absolute atomic E-state index is 0.134. The number of ether oxygens (including phenoxy) is 2. The van der Waals surface area contributed by atoms with Crippen molar-refractivity contribution in [1.29, 1.82) is 0 Å². The molecule has 0 saturated heterocycles. The number of nitrogens with zero attached hydrogens (tertiary/aromatic N) is 3. The molecule has 1 amide bonds. The van der Waals surface area contributed by atoms with Crippen molar-refractivity contribution in [3.05, 3.63) is 88.0 Å². The van der Waals surface area contributed by atoms with Gasteiger partial charge >= 0.3 is 0 Å². The number of amides is 1. The Kier molecular flexibility index (Phi) is 8.80. The third kappa shape index (κ3) is 5.32. The summed E-state index contributed by atoms with van der Waals surface area (Å²) in [5, 5.41) is 0.577. The largest absolute Gasteiger partial charge is 0.493 e. The van der Waals surface area contributed by atoms with Gasteiger partial charge in [0.25, 0.3) is 11.5 Å². The highest BCUT2D eigenvalue weighted by atomic mass is 79.9. The summed E-state index contributed by atoms with van der Waals surface area (Å²) in [6, 6.07) is 10.3. The molecule has 0 aliphatic carbocycles. The smallest absolute Gasteiger partial charge is 0.271 e. The van der Waals surface area contributed by atoms with Crippen LogP contribution in [0.25, 0.3) is 6.08 Å². The van der Waals surface area contributed by atoms with E-state index in [9.17, 15) is 9.59 Å². The van der Waals surface area contributed by atoms with E-state index >= 15 is 0 Å². The van der Waals surface area contributed by atoms with Gasteiger partial charge in [-0.3, -0.25) is 14.2 Å². The fourth-order valence-corrected chi connectivity index (χ4v) is 6.24. The number of aromatic nitrogens is 1. The molecule has 3 aromatic rings. The minimum atomic E-state index is -0.625. The number of carbonyl (C=O) groups excluding carboxylic acids is 1. The van der Waals surface area contributed by atoms with Crippen LogP contribution < -0.4 is 24.4 Å². The third-order valence-electron chi connectivity index (χ3n) is 6.33. The lowest BCUT2D eigenvalue weighted by molar-refractivity contribution is -0.127. The van der Waals surface area contributed by atoms with Gasteiger partial charge in [-0.2, -0.15) is 0 Å². The number of methoxy groups -OCH3 is 1. The number of carbonyl (C=O) groups is 1. The quantitative estimate of drug-likeness (QED) is 0.359. The maximum atomic E-state index is 13.9. The number of fused-ring (bicyclic) bond motifs is 1. The number of thiazole rings is 1. The second kappa shape index (κ2) is 11.9. The number of hydrogen-bond donors (Lipinski definition) is 0. The zero-order chi connectivity index (χ0) is 27.6. The van der Waals surface area contributed by atoms with Crippen molar-refractivity contribution in [3.8, 4) is 11.5 Å². The molecular weight excluding hydrogens is 590 g/mol. The first-order valence-corrected chi connectivity index (χ1v) is 14.3. The summed E-state index contributed by atoms with van der Waals surface area (Å²) in [4.78, 5) is 34.6. The van der Waals surface area contributed by atoms with Gasteiger partial charge in [-0.15, -0.1) is 0 Å². The molecule has 0 unspecified atom stereocenters. The van der Waals surface area contributed by atoms with E-state index in [4.69, 9.17) is 26.1 Å². The molecule has 0 fully saturated rings. The molecule has 0 spiro atoms. The monoisotopic (exact) mass is 617 g/mol. The molecule has 1 aliphatic heterocycles. The molecule has 1 atom stereocenters. The highest BCUT2D eigenvalue weighted by molar-refractivity contribution is 9.10. The van der Waals surface area contributed by atoms with E-state index in [1.807, 2.05) is 52.0 Å². The van der Waals surface area contributed by atoms with E-state index in [1.165, 1.54) is 11.3 Å². The summed E-state index contributed by atoms with van der Waals surface area (Å²) in [7, 11) is 1.57. The van der Waals surface area contributed by atoms with Crippen LogP contribution in [-0.2, 0) is 4.79 Å². The normalized spacial score (nSPS) is 15.2. The predicted octanol–water partition coefficient (Wildman–Crippen LogP) is 4.93. The van der Waals surface area contributed by atoms with Crippen LogP contribution in [0.1, 0.15) is 44.9 Å². The standard InChI is InChI=1S/C28H29BrClN3O4S/c1-6-32(7-2)27(35)23-16(4)31-28-33(24(23)18-9-11-19(30)12-10-18)26(34)22(38-28)15-17-13-20(29)25(37-8-3)21(14-17)36-5/h9-15,24H,6-8H2,1-5H3/b22-15+/t24-/m1/s1. The Morgan fingerprint density at radius 3 is 2.50 bits per heavy atom. The fraction of sp³-hybridized carbons (Fsp3) is 0.321. The van der Waals surface area contributed by atoms with Crippen molar-refractivity contribution in [3.63, 3.8) is 0 Å². The Morgan fingerprint density at radius 1 is 1.21 bits per heavy atom. The van der Waals surface area contributed by atoms with E-state index in [0.29, 0.717) is 56.8 Å². The van der Waals surface area contributed by atoms with Gasteiger partial charge in [-0.1, -0.05) is 35.1 Å². The van der Waals surface area contributed by atoms with Gasteiger partial charge < -0.3 is 14.4 Å². The summed E-state index contributed by atoms with van der Waals surface area (Å²) in [6.45, 7) is 9.20. The zero-order valence-corrected chi connectivity index (χ0v) is 25.0. The Morgan fingerprint density at radius 2 is 1.89 bits per heavy atom. The maximum Gasteiger partial charge on any atom is 0.271 e. The van der Waals surface area contributed by atoms with Crippen molar-refractivity contribution in [2.75, 3.05) is 26.8 Å². The van der Waals surface area contributed by atoms with Crippen LogP contribution >= 0.6 is 38.9 Å². The van der Waals surface area contributed by atoms with Gasteiger partial charge in [-0.05, 0) is 85.1 Å². The van der Waals surface area contributed by atoms with E-state index in [-0.39, 0.29) is 11.5 Å². The van der Waals surface area contributed by atoms with Crippen LogP contribution in [0.3, 0.4) is 0 Å². The SMILES string of the molecule is CCOc1c(Br)cc(/C=c2/sc3n(c2=O)[C@H](c2ccc(Cl)cc2)C(C(=O)N(CC)CC)=C(C)N=3)cc1OC. The second-order valence-corrected chi connectivity index (χ2v) is 10.9. The summed E-state index contributed by atoms with van der Waals surface area (Å²) in [5.41, 5.74) is 2.41. The average Bonchev–Trinajstić information content (AvgIpc) is 3.19. The summed E-state index contributed by atoms with van der Waals surface area (Å²) in [6.07, 6.45) is 1.80. The topological polar surface area (TPSA) is 73.1 Å². The highest BCUT2D eigenvalue weighted by Crippen LogP contribution is 2.37. The lowest BCUT2D eigenvalue weighted by Gasteiger charge is -2.29. The van der Waals surface area contributed by atoms with Crippen LogP contribution in [0.15, 0.2) is 61.9 Å². The van der Waals surface area contributed by atoms with Crippen LogP contribution in [-0.4, -0.2) is 42.2 Å². The molecule has 4 rings (SSSR count). The first kappa shape index (κ1) is 28.1. The number of halogens is 2. The number of likely N-dealkylation sites (N-methyl/N-ethyl adjacent to an activating group) is 1. The lowest BCUT2D eigenvalue weighted by atomic mass is 9.94. The molecule has 1 aliphatic rings. The van der Waals surface area contributed by atoms with Crippen LogP contribution in [0.5, 0.6) is 11.5 Å². The summed E-state index contributed by atoms with van der Waals surface area (Å²) < 4.78 is 14.0. The van der Waals surface area contributed by atoms with Crippen LogP contribution in [0.4, 0.5) is 0 Å². The molecule has 10 heteroatoms. The van der Waals surface area contributed by atoms with Gasteiger partial charge in [0.05, 0.1) is 40.0 Å². The predicted molar refractivity (Wildman–Crippen MR) is 155 cm³/mol. The maximum absolute atomic E-state index is 13.9. The fourth-order valence-electron chi connectivity index (χ4n) is 4.50. The number of rotatable bonds is 8. The minimum Gasteiger partial charge on any atom is -0.493 e. The van der Waals surface area contributed by atoms with Crippen LogP contribution in [0.2, 0.25) is 5.02 Å². The van der Waals surface area contributed by atoms with Gasteiger partial charge in [0, 0.05) is 18.1 Å². The first-order chi connectivity index (χ1) is 18.2. The molecule has 0 saturated carbocycles. The summed E-state index contributed by atoms with van der Waals surface area (Å²) in [5.74, 6) is 1.03. The number of benzene rings is 2. The molecule has 1 aromatic heterocycles. The van der Waals surface area contributed by atoms with Crippen LogP contribution in [0, 0.1) is 0 Å². The average molecular weight is 619 g/mol. The molecule has 7 nitrogen and oxygen atoms in total. The van der Waals surface area contributed by atoms with E-state index < -0.39 is 6.04 Å². The number of allylic oxidation sites excluding steroid dienone is 1. The molecule has 2 heterocycles. The van der Waals surface area contributed by atoms with Gasteiger partial charge in [-0.25, -0.2) is 4.99 Å². The molecule has 200 valence electrons. The van der Waals surface area contributed by atoms with E-state index in [2.05, 4.69) is 15.9 Å². The summed E-state index contributed by atoms with van der Waals surface area (Å²) >= 11 is 11.0. The lowest BCUT2D eigenvalue weighted by Crippen LogP contribution is -2.43. The molecule has 0 N–H and O–H groups in total. The first-order valence-electron chi connectivity index (χ1n) is 12.3. The molecule has 0 radical (unpaired) electrons. The highest BCUT2D eigenvalue weighted by Gasteiger charge is 2.34. The Balaban J connectivity index is 1.93. The van der Waals surface area contributed by atoms with E-state index in [1.54, 1.807) is 34.8 Å². The number of hydrogen-bond acceptors (Lipinski definition) is 6. The van der Waals surface area contributed by atoms with Gasteiger partial charge in [0.15, 0.2) is 16.3 Å². The Hall–Kier alpha value is -2.88. The second-order valence-electron chi connectivity index (χ2n) is 8.58. The Bertz CT molecular complexity index is 1570. The van der Waals surface area contributed by atoms with Crippen molar-refractivity contribution in [2.24, 2.45) is 4.99 Å². The molecule has 38 heavy (non-hydrogen) atoms. The van der Waals surface area contributed by atoms with Crippen molar-refractivity contribution < 1.29 is 14.3 Å². The van der Waals surface area contributed by atoms with Gasteiger partial charge in [0.1, 0.15) is 0 Å². The molecule has 2 aromatic carbocycles. The van der Waals surface area contributed by atoms with Gasteiger partial charge in [0.2, 0.25) is 0 Å². The third-order valence-corrected chi connectivity index (χ3v) is 8.15. The van der Waals surface area contributed by atoms with E-state index in [0.717, 1.165) is 15.6 Å². The molecular formula is C28H29BrClN3O4S. The Labute approximate surface area is 238 Å². The zero-order valence-electron chi connectivity index (χ0n) is 21.9. The van der Waals surface area contributed by atoms with Crippen molar-refractivity contribution >= 4 is 50.9 Å².